The Morgan fingerprint density at radius 2 is 2.14 bits per heavy atom. The topological polar surface area (TPSA) is 53.1 Å². The van der Waals surface area contributed by atoms with Crippen molar-refractivity contribution in [3.63, 3.8) is 0 Å². The molecule has 0 aliphatic heterocycles. The molecule has 0 spiro atoms. The summed E-state index contributed by atoms with van der Waals surface area (Å²) < 4.78 is 7.84. The Labute approximate surface area is 126 Å². The van der Waals surface area contributed by atoms with Crippen LogP contribution in [0, 0.1) is 11.8 Å². The lowest BCUT2D eigenvalue weighted by Crippen LogP contribution is -2.22. The molecule has 2 aromatic rings. The maximum absolute atomic E-state index is 6.18. The molecule has 1 heterocycles. The first-order valence-electron chi connectivity index (χ1n) is 8.08. The molecule has 21 heavy (non-hydrogen) atoms. The summed E-state index contributed by atoms with van der Waals surface area (Å²) in [6.07, 6.45) is 5.34. The van der Waals surface area contributed by atoms with Crippen LogP contribution in [-0.2, 0) is 6.54 Å². The third kappa shape index (κ3) is 2.71. The predicted molar refractivity (Wildman–Crippen MR) is 86.4 cm³/mol. The van der Waals surface area contributed by atoms with Crippen molar-refractivity contribution in [2.75, 3.05) is 12.3 Å². The second-order valence-electron chi connectivity index (χ2n) is 6.16. The third-order valence-corrected chi connectivity index (χ3v) is 4.78. The summed E-state index contributed by atoms with van der Waals surface area (Å²) in [5, 5.41) is 0. The Morgan fingerprint density at radius 3 is 2.90 bits per heavy atom. The van der Waals surface area contributed by atoms with Crippen LogP contribution in [0.1, 0.15) is 39.5 Å². The van der Waals surface area contributed by atoms with Crippen LogP contribution in [0.5, 0.6) is 5.75 Å². The summed E-state index contributed by atoms with van der Waals surface area (Å²) >= 11 is 0. The van der Waals surface area contributed by atoms with Crippen molar-refractivity contribution in [2.24, 2.45) is 11.8 Å². The Kier molecular flexibility index (Phi) is 4.04. The van der Waals surface area contributed by atoms with E-state index in [1.54, 1.807) is 0 Å². The number of nitrogens with zero attached hydrogens (tertiary/aromatic N) is 2. The zero-order valence-corrected chi connectivity index (χ0v) is 13.0. The summed E-state index contributed by atoms with van der Waals surface area (Å²) in [4.78, 5) is 4.54. The van der Waals surface area contributed by atoms with Crippen LogP contribution in [-0.4, -0.2) is 16.2 Å². The lowest BCUT2D eigenvalue weighted by molar-refractivity contribution is 0.231. The smallest absolute Gasteiger partial charge is 0.201 e. The quantitative estimate of drug-likeness (QED) is 0.929. The summed E-state index contributed by atoms with van der Waals surface area (Å²) in [6.45, 7) is 5.97. The van der Waals surface area contributed by atoms with Crippen molar-refractivity contribution < 1.29 is 4.74 Å². The molecule has 1 aromatic heterocycles. The number of hydrogen-bond acceptors (Lipinski definition) is 3. The molecule has 2 unspecified atom stereocenters. The Hall–Kier alpha value is -1.71. The minimum absolute atomic E-state index is 0.606. The van der Waals surface area contributed by atoms with Crippen molar-refractivity contribution >= 4 is 17.0 Å². The highest BCUT2D eigenvalue weighted by atomic mass is 16.5. The van der Waals surface area contributed by atoms with Gasteiger partial charge in [0, 0.05) is 6.54 Å². The lowest BCUT2D eigenvalue weighted by atomic mass is 9.80. The van der Waals surface area contributed by atoms with Gasteiger partial charge in [0.2, 0.25) is 5.95 Å². The van der Waals surface area contributed by atoms with E-state index in [2.05, 4.69) is 22.5 Å². The normalized spacial score (nSPS) is 22.6. The van der Waals surface area contributed by atoms with Gasteiger partial charge in [-0.05, 0) is 37.3 Å². The molecule has 0 bridgehead atoms. The zero-order valence-electron chi connectivity index (χ0n) is 13.0. The highest BCUT2D eigenvalue weighted by molar-refractivity contribution is 5.84. The lowest BCUT2D eigenvalue weighted by Gasteiger charge is -2.29. The average molecular weight is 287 g/mol. The third-order valence-electron chi connectivity index (χ3n) is 4.78. The van der Waals surface area contributed by atoms with E-state index >= 15 is 0 Å². The van der Waals surface area contributed by atoms with Crippen LogP contribution in [0.2, 0.25) is 0 Å². The molecule has 1 aliphatic carbocycles. The minimum atomic E-state index is 0.606. The van der Waals surface area contributed by atoms with Crippen molar-refractivity contribution in [3.05, 3.63) is 18.2 Å². The van der Waals surface area contributed by atoms with Crippen molar-refractivity contribution in [1.29, 1.82) is 0 Å². The van der Waals surface area contributed by atoms with Gasteiger partial charge in [0.1, 0.15) is 11.3 Å². The highest BCUT2D eigenvalue weighted by Crippen LogP contribution is 2.34. The van der Waals surface area contributed by atoms with Gasteiger partial charge in [0.25, 0.3) is 0 Å². The number of hydrogen-bond donors (Lipinski definition) is 1. The van der Waals surface area contributed by atoms with E-state index in [4.69, 9.17) is 10.5 Å². The number of fused-ring (bicyclic) bond motifs is 1. The van der Waals surface area contributed by atoms with Crippen LogP contribution in [0.25, 0.3) is 11.0 Å². The first kappa shape index (κ1) is 14.2. The highest BCUT2D eigenvalue weighted by Gasteiger charge is 2.23. The number of para-hydroxylation sites is 1. The van der Waals surface area contributed by atoms with Gasteiger partial charge in [-0.25, -0.2) is 4.98 Å². The summed E-state index contributed by atoms with van der Waals surface area (Å²) in [7, 11) is 0. The number of rotatable bonds is 4. The van der Waals surface area contributed by atoms with Gasteiger partial charge in [-0.1, -0.05) is 32.3 Å². The molecular formula is C17H25N3O. The van der Waals surface area contributed by atoms with Gasteiger partial charge in [0.15, 0.2) is 0 Å². The van der Waals surface area contributed by atoms with E-state index < -0.39 is 0 Å². The molecule has 0 radical (unpaired) electrons. The maximum Gasteiger partial charge on any atom is 0.201 e. The largest absolute Gasteiger partial charge is 0.492 e. The molecule has 1 saturated carbocycles. The van der Waals surface area contributed by atoms with Gasteiger partial charge in [-0.2, -0.15) is 0 Å². The number of aromatic nitrogens is 2. The van der Waals surface area contributed by atoms with Gasteiger partial charge >= 0.3 is 0 Å². The Bertz CT molecular complexity index is 620. The molecule has 2 atom stereocenters. The molecule has 1 fully saturated rings. The molecule has 4 heteroatoms. The van der Waals surface area contributed by atoms with E-state index in [1.165, 1.54) is 25.7 Å². The molecular weight excluding hydrogens is 262 g/mol. The maximum atomic E-state index is 6.18. The average Bonchev–Trinajstić information content (AvgIpc) is 2.79. The van der Waals surface area contributed by atoms with Gasteiger partial charge in [0.05, 0.1) is 12.1 Å². The van der Waals surface area contributed by atoms with E-state index in [0.717, 1.165) is 29.2 Å². The number of imidazole rings is 1. The second-order valence-corrected chi connectivity index (χ2v) is 6.16. The van der Waals surface area contributed by atoms with Crippen LogP contribution < -0.4 is 10.5 Å². The van der Waals surface area contributed by atoms with Crippen molar-refractivity contribution in [1.82, 2.24) is 9.55 Å². The Morgan fingerprint density at radius 1 is 1.33 bits per heavy atom. The van der Waals surface area contributed by atoms with E-state index in [1.807, 2.05) is 19.1 Å². The summed E-state index contributed by atoms with van der Waals surface area (Å²) in [6, 6.07) is 6.08. The van der Waals surface area contributed by atoms with E-state index in [9.17, 15) is 0 Å². The zero-order chi connectivity index (χ0) is 14.8. The number of anilines is 1. The van der Waals surface area contributed by atoms with Gasteiger partial charge in [-0.3, -0.25) is 0 Å². The number of ether oxygens (including phenoxy) is 1. The molecule has 0 amide bonds. The standard InChI is InChI=1S/C17H25N3O/c1-3-21-15-10-6-9-14-16(15)19-17(18)20(14)11-13-8-5-4-7-12(13)2/h6,9-10,12-13H,3-5,7-8,11H2,1-2H3,(H2,18,19). The second kappa shape index (κ2) is 5.96. The number of nitrogen functional groups attached to an aromatic ring is 1. The fourth-order valence-electron chi connectivity index (χ4n) is 3.50. The predicted octanol–water partition coefficient (Wildman–Crippen LogP) is 3.84. The Balaban J connectivity index is 1.94. The molecule has 3 rings (SSSR count). The number of benzene rings is 1. The van der Waals surface area contributed by atoms with Crippen LogP contribution in [0.3, 0.4) is 0 Å². The number of nitrogens with two attached hydrogens (primary N) is 1. The molecule has 114 valence electrons. The van der Waals surface area contributed by atoms with E-state index in [-0.39, 0.29) is 0 Å². The van der Waals surface area contributed by atoms with Gasteiger partial charge < -0.3 is 15.0 Å². The molecule has 1 aromatic carbocycles. The van der Waals surface area contributed by atoms with Crippen molar-refractivity contribution in [2.45, 2.75) is 46.1 Å². The monoisotopic (exact) mass is 287 g/mol. The molecule has 2 N–H and O–H groups in total. The SMILES string of the molecule is CCOc1cccc2c1nc(N)n2CC1CCCCC1C. The fourth-order valence-corrected chi connectivity index (χ4v) is 3.50. The molecule has 0 saturated heterocycles. The first-order valence-corrected chi connectivity index (χ1v) is 8.08. The van der Waals surface area contributed by atoms with Crippen LogP contribution >= 0.6 is 0 Å². The summed E-state index contributed by atoms with van der Waals surface area (Å²) in [5.74, 6) is 2.91. The van der Waals surface area contributed by atoms with Gasteiger partial charge in [-0.15, -0.1) is 0 Å². The van der Waals surface area contributed by atoms with Crippen LogP contribution in [0.4, 0.5) is 5.95 Å². The van der Waals surface area contributed by atoms with E-state index in [0.29, 0.717) is 18.5 Å². The molecule has 4 nitrogen and oxygen atoms in total. The fraction of sp³-hybridized carbons (Fsp3) is 0.588. The minimum Gasteiger partial charge on any atom is -0.492 e. The summed E-state index contributed by atoms with van der Waals surface area (Å²) in [5.41, 5.74) is 8.16. The first-order chi connectivity index (χ1) is 10.2. The van der Waals surface area contributed by atoms with Crippen molar-refractivity contribution in [3.8, 4) is 5.75 Å². The molecule has 1 aliphatic rings. The van der Waals surface area contributed by atoms with Crippen LogP contribution in [0.15, 0.2) is 18.2 Å².